The Hall–Kier alpha value is -1.20. The maximum Gasteiger partial charge on any atom is 0.0896 e. The van der Waals surface area contributed by atoms with Gasteiger partial charge in [-0.1, -0.05) is 0 Å². The van der Waals surface area contributed by atoms with Gasteiger partial charge in [-0.3, -0.25) is 9.67 Å². The third-order valence-electron chi connectivity index (χ3n) is 3.00. The molecule has 0 aliphatic heterocycles. The van der Waals surface area contributed by atoms with E-state index in [9.17, 15) is 0 Å². The van der Waals surface area contributed by atoms with Crippen molar-refractivity contribution in [2.24, 2.45) is 7.05 Å². The molecular weight excluding hydrogens is 306 g/mol. The molecule has 0 aliphatic rings. The third kappa shape index (κ3) is 3.88. The van der Waals surface area contributed by atoms with Crippen molar-refractivity contribution in [3.63, 3.8) is 0 Å². The van der Waals surface area contributed by atoms with Gasteiger partial charge in [-0.2, -0.15) is 5.10 Å². The zero-order valence-corrected chi connectivity index (χ0v) is 12.9. The van der Waals surface area contributed by atoms with Crippen molar-refractivity contribution < 1.29 is 4.74 Å². The fourth-order valence-electron chi connectivity index (χ4n) is 1.93. The minimum Gasteiger partial charge on any atom is -0.375 e. The van der Waals surface area contributed by atoms with Gasteiger partial charge in [0.25, 0.3) is 0 Å². The summed E-state index contributed by atoms with van der Waals surface area (Å²) in [4.78, 5) is 4.01. The number of pyridine rings is 1. The van der Waals surface area contributed by atoms with E-state index in [0.29, 0.717) is 6.61 Å². The topological polar surface area (TPSA) is 39.9 Å². The standard InChI is InChI=1S/C14H18BrN3O/c1-11-14(15)13(18(2)17-11)10-19-9-3-4-12-5-7-16-8-6-12/h5-8H,3-4,9-10H2,1-2H3. The highest BCUT2D eigenvalue weighted by Crippen LogP contribution is 2.20. The van der Waals surface area contributed by atoms with Crippen LogP contribution in [0.3, 0.4) is 0 Å². The molecule has 0 amide bonds. The van der Waals surface area contributed by atoms with Gasteiger partial charge >= 0.3 is 0 Å². The van der Waals surface area contributed by atoms with Crippen molar-refractivity contribution in [1.82, 2.24) is 14.8 Å². The SMILES string of the molecule is Cc1nn(C)c(COCCCc2ccncc2)c1Br. The molecule has 0 saturated carbocycles. The molecule has 2 heterocycles. The largest absolute Gasteiger partial charge is 0.375 e. The zero-order valence-electron chi connectivity index (χ0n) is 11.3. The van der Waals surface area contributed by atoms with Crippen molar-refractivity contribution >= 4 is 15.9 Å². The summed E-state index contributed by atoms with van der Waals surface area (Å²) < 4.78 is 8.62. The van der Waals surface area contributed by atoms with Crippen LogP contribution in [0.25, 0.3) is 0 Å². The van der Waals surface area contributed by atoms with Crippen LogP contribution in [0.5, 0.6) is 0 Å². The number of aryl methyl sites for hydroxylation is 3. The molecule has 0 saturated heterocycles. The summed E-state index contributed by atoms with van der Waals surface area (Å²) in [6, 6.07) is 4.09. The number of halogens is 1. The summed E-state index contributed by atoms with van der Waals surface area (Å²) in [6.45, 7) is 3.32. The first-order valence-electron chi connectivity index (χ1n) is 6.33. The molecule has 102 valence electrons. The van der Waals surface area contributed by atoms with Crippen LogP contribution >= 0.6 is 15.9 Å². The van der Waals surface area contributed by atoms with Gasteiger partial charge in [-0.25, -0.2) is 0 Å². The molecule has 0 bridgehead atoms. The molecule has 0 radical (unpaired) electrons. The van der Waals surface area contributed by atoms with E-state index in [0.717, 1.165) is 35.3 Å². The second-order valence-corrected chi connectivity index (χ2v) is 5.27. The Balaban J connectivity index is 1.72. The summed E-state index contributed by atoms with van der Waals surface area (Å²) in [5.41, 5.74) is 3.38. The highest BCUT2D eigenvalue weighted by atomic mass is 79.9. The minimum absolute atomic E-state index is 0.592. The van der Waals surface area contributed by atoms with Crippen molar-refractivity contribution in [1.29, 1.82) is 0 Å². The number of ether oxygens (including phenoxy) is 1. The molecular formula is C14H18BrN3O. The van der Waals surface area contributed by atoms with Crippen LogP contribution in [0.15, 0.2) is 29.0 Å². The average Bonchev–Trinajstić information content (AvgIpc) is 2.65. The molecule has 0 N–H and O–H groups in total. The van der Waals surface area contributed by atoms with E-state index in [1.807, 2.05) is 43.2 Å². The second-order valence-electron chi connectivity index (χ2n) is 4.48. The first-order chi connectivity index (χ1) is 9.18. The van der Waals surface area contributed by atoms with Crippen molar-refractivity contribution in [2.45, 2.75) is 26.4 Å². The molecule has 0 atom stereocenters. The van der Waals surface area contributed by atoms with Gasteiger partial charge in [0.15, 0.2) is 0 Å². The van der Waals surface area contributed by atoms with Gasteiger partial charge < -0.3 is 4.74 Å². The number of hydrogen-bond acceptors (Lipinski definition) is 3. The van der Waals surface area contributed by atoms with E-state index in [4.69, 9.17) is 4.74 Å². The van der Waals surface area contributed by atoms with E-state index in [1.165, 1.54) is 5.56 Å². The van der Waals surface area contributed by atoms with E-state index < -0.39 is 0 Å². The van der Waals surface area contributed by atoms with Crippen LogP contribution in [-0.2, 0) is 24.8 Å². The third-order valence-corrected chi connectivity index (χ3v) is 4.04. The molecule has 0 fully saturated rings. The summed E-state index contributed by atoms with van der Waals surface area (Å²) in [5, 5.41) is 4.34. The van der Waals surface area contributed by atoms with Crippen molar-refractivity contribution in [2.75, 3.05) is 6.61 Å². The van der Waals surface area contributed by atoms with Gasteiger partial charge in [-0.15, -0.1) is 0 Å². The normalized spacial score (nSPS) is 10.9. The molecule has 0 aromatic carbocycles. The Kier molecular flexibility index (Phi) is 5.10. The predicted molar refractivity (Wildman–Crippen MR) is 77.9 cm³/mol. The van der Waals surface area contributed by atoms with Crippen molar-refractivity contribution in [3.8, 4) is 0 Å². The molecule has 19 heavy (non-hydrogen) atoms. The Labute approximate surface area is 121 Å². The summed E-state index contributed by atoms with van der Waals surface area (Å²) in [6.07, 6.45) is 5.68. The summed E-state index contributed by atoms with van der Waals surface area (Å²) >= 11 is 3.54. The lowest BCUT2D eigenvalue weighted by Gasteiger charge is -2.05. The van der Waals surface area contributed by atoms with E-state index in [-0.39, 0.29) is 0 Å². The first kappa shape index (κ1) is 14.2. The van der Waals surface area contributed by atoms with Crippen molar-refractivity contribution in [3.05, 3.63) is 46.0 Å². The molecule has 0 aliphatic carbocycles. The molecule has 5 heteroatoms. The molecule has 4 nitrogen and oxygen atoms in total. The molecule has 0 unspecified atom stereocenters. The maximum absolute atomic E-state index is 5.71. The van der Waals surface area contributed by atoms with E-state index in [2.05, 4.69) is 26.0 Å². The monoisotopic (exact) mass is 323 g/mol. The Morgan fingerprint density at radius 1 is 1.32 bits per heavy atom. The lowest BCUT2D eigenvalue weighted by molar-refractivity contribution is 0.113. The van der Waals surface area contributed by atoms with E-state index >= 15 is 0 Å². The smallest absolute Gasteiger partial charge is 0.0896 e. The lowest BCUT2D eigenvalue weighted by atomic mass is 10.1. The second kappa shape index (κ2) is 6.82. The number of rotatable bonds is 6. The highest BCUT2D eigenvalue weighted by molar-refractivity contribution is 9.10. The molecule has 2 aromatic heterocycles. The van der Waals surface area contributed by atoms with Crippen LogP contribution < -0.4 is 0 Å². The van der Waals surface area contributed by atoms with Crippen LogP contribution in [-0.4, -0.2) is 21.4 Å². The van der Waals surface area contributed by atoms with Gasteiger partial charge in [0.1, 0.15) is 0 Å². The quantitative estimate of drug-likeness (QED) is 0.767. The number of hydrogen-bond donors (Lipinski definition) is 0. The Bertz CT molecular complexity index is 525. The summed E-state index contributed by atoms with van der Waals surface area (Å²) in [7, 11) is 1.94. The van der Waals surface area contributed by atoms with Gasteiger partial charge in [-0.05, 0) is 53.4 Å². The Morgan fingerprint density at radius 2 is 2.05 bits per heavy atom. The zero-order chi connectivity index (χ0) is 13.7. The fraction of sp³-hybridized carbons (Fsp3) is 0.429. The summed E-state index contributed by atoms with van der Waals surface area (Å²) in [5.74, 6) is 0. The number of nitrogens with zero attached hydrogens (tertiary/aromatic N) is 3. The van der Waals surface area contributed by atoms with Gasteiger partial charge in [0.2, 0.25) is 0 Å². The van der Waals surface area contributed by atoms with Crippen LogP contribution in [0.2, 0.25) is 0 Å². The van der Waals surface area contributed by atoms with E-state index in [1.54, 1.807) is 0 Å². The lowest BCUT2D eigenvalue weighted by Crippen LogP contribution is -2.03. The average molecular weight is 324 g/mol. The van der Waals surface area contributed by atoms with Gasteiger partial charge in [0, 0.05) is 26.0 Å². The maximum atomic E-state index is 5.71. The highest BCUT2D eigenvalue weighted by Gasteiger charge is 2.09. The predicted octanol–water partition coefficient (Wildman–Crippen LogP) is 3.04. The van der Waals surface area contributed by atoms with Gasteiger partial charge in [0.05, 0.1) is 22.5 Å². The molecule has 2 aromatic rings. The van der Waals surface area contributed by atoms with Crippen LogP contribution in [0.1, 0.15) is 23.4 Å². The molecule has 2 rings (SSSR count). The minimum atomic E-state index is 0.592. The van der Waals surface area contributed by atoms with Crippen LogP contribution in [0, 0.1) is 6.92 Å². The molecule has 0 spiro atoms. The van der Waals surface area contributed by atoms with Crippen LogP contribution in [0.4, 0.5) is 0 Å². The Morgan fingerprint density at radius 3 is 2.68 bits per heavy atom. The number of aromatic nitrogens is 3. The fourth-order valence-corrected chi connectivity index (χ4v) is 2.38. The first-order valence-corrected chi connectivity index (χ1v) is 7.12.